The lowest BCUT2D eigenvalue weighted by Gasteiger charge is -2.20. The SMILES string of the molecule is Cc1cccc2c(-c3c4ccccc4c(-c4ccc(C=Cc5ccc(-c6ccccc6)cc5)c5ccccc45)c4ccccc34)ccc(C)c12. The van der Waals surface area contributed by atoms with E-state index >= 15 is 0 Å². The van der Waals surface area contributed by atoms with Crippen molar-refractivity contribution in [3.8, 4) is 33.4 Å². The van der Waals surface area contributed by atoms with Crippen LogP contribution < -0.4 is 0 Å². The molecule has 0 amide bonds. The van der Waals surface area contributed by atoms with Crippen LogP contribution in [0.5, 0.6) is 0 Å². The fourth-order valence-corrected chi connectivity index (χ4v) is 8.01. The van der Waals surface area contributed by atoms with Crippen LogP contribution in [0, 0.1) is 13.8 Å². The molecule has 0 N–H and O–H groups in total. The van der Waals surface area contributed by atoms with Crippen LogP contribution in [0.2, 0.25) is 0 Å². The monoisotopic (exact) mass is 636 g/mol. The minimum atomic E-state index is 1.18. The van der Waals surface area contributed by atoms with Crippen LogP contribution in [0.3, 0.4) is 0 Å². The second-order valence-electron chi connectivity index (χ2n) is 13.3. The third-order valence-corrected chi connectivity index (χ3v) is 10.4. The lowest BCUT2D eigenvalue weighted by Crippen LogP contribution is -1.94. The second-order valence-corrected chi connectivity index (χ2v) is 13.3. The van der Waals surface area contributed by atoms with Crippen molar-refractivity contribution in [1.29, 1.82) is 0 Å². The average molecular weight is 637 g/mol. The standard InChI is InChI=1S/C50H36/c1-33-13-12-22-41-47(31-23-34(2)48(33)41)50-44-20-10-8-18-42(44)49(43-19-9-11-21-45(43)50)46-32-30-38(39-16-6-7-17-40(39)46)29-26-35-24-27-37(28-25-35)36-14-4-3-5-15-36/h3-32H,1-2H3. The van der Waals surface area contributed by atoms with E-state index < -0.39 is 0 Å². The molecule has 9 rings (SSSR count). The van der Waals surface area contributed by atoms with E-state index in [1.54, 1.807) is 0 Å². The van der Waals surface area contributed by atoms with Gasteiger partial charge in [0.25, 0.3) is 0 Å². The van der Waals surface area contributed by atoms with Gasteiger partial charge in [0.2, 0.25) is 0 Å². The first-order valence-electron chi connectivity index (χ1n) is 17.4. The third-order valence-electron chi connectivity index (χ3n) is 10.4. The maximum Gasteiger partial charge on any atom is -0.00201 e. The van der Waals surface area contributed by atoms with Gasteiger partial charge in [-0.15, -0.1) is 0 Å². The largest absolute Gasteiger partial charge is 0.0622 e. The minimum absolute atomic E-state index is 1.18. The van der Waals surface area contributed by atoms with Gasteiger partial charge in [0.05, 0.1) is 0 Å². The quantitative estimate of drug-likeness (QED) is 0.130. The van der Waals surface area contributed by atoms with Crippen molar-refractivity contribution in [3.05, 3.63) is 192 Å². The molecule has 0 aliphatic rings. The number of hydrogen-bond acceptors (Lipinski definition) is 0. The number of benzene rings is 9. The van der Waals surface area contributed by atoms with Crippen molar-refractivity contribution in [1.82, 2.24) is 0 Å². The Bertz CT molecular complexity index is 2680. The smallest absolute Gasteiger partial charge is 0.00201 e. The normalized spacial score (nSPS) is 11.7. The van der Waals surface area contributed by atoms with Crippen LogP contribution in [-0.2, 0) is 0 Å². The second kappa shape index (κ2) is 12.3. The molecule has 0 atom stereocenters. The van der Waals surface area contributed by atoms with Crippen molar-refractivity contribution in [2.24, 2.45) is 0 Å². The van der Waals surface area contributed by atoms with Gasteiger partial charge in [-0.1, -0.05) is 182 Å². The minimum Gasteiger partial charge on any atom is -0.0622 e. The van der Waals surface area contributed by atoms with Crippen LogP contribution in [0.25, 0.3) is 88.6 Å². The highest BCUT2D eigenvalue weighted by Crippen LogP contribution is 2.47. The average Bonchev–Trinajstić information content (AvgIpc) is 3.17. The van der Waals surface area contributed by atoms with Gasteiger partial charge in [-0.2, -0.15) is 0 Å². The van der Waals surface area contributed by atoms with Gasteiger partial charge in [0.1, 0.15) is 0 Å². The Hall–Kier alpha value is -6.24. The van der Waals surface area contributed by atoms with Gasteiger partial charge in [0.15, 0.2) is 0 Å². The molecule has 0 unspecified atom stereocenters. The van der Waals surface area contributed by atoms with Gasteiger partial charge >= 0.3 is 0 Å². The zero-order valence-corrected chi connectivity index (χ0v) is 28.3. The molecule has 236 valence electrons. The number of fused-ring (bicyclic) bond motifs is 4. The number of hydrogen-bond donors (Lipinski definition) is 0. The summed E-state index contributed by atoms with van der Waals surface area (Å²) in [5, 5.41) is 10.3. The van der Waals surface area contributed by atoms with E-state index in [1.165, 1.54) is 98.7 Å². The van der Waals surface area contributed by atoms with Crippen LogP contribution in [0.15, 0.2) is 170 Å². The molecule has 0 saturated heterocycles. The van der Waals surface area contributed by atoms with Crippen molar-refractivity contribution in [2.45, 2.75) is 13.8 Å². The summed E-state index contributed by atoms with van der Waals surface area (Å²) in [6, 6.07) is 62.2. The molecule has 50 heavy (non-hydrogen) atoms. The van der Waals surface area contributed by atoms with E-state index in [4.69, 9.17) is 0 Å². The van der Waals surface area contributed by atoms with Crippen LogP contribution in [-0.4, -0.2) is 0 Å². The molecule has 0 heterocycles. The zero-order chi connectivity index (χ0) is 33.6. The molecular formula is C50H36. The predicted octanol–water partition coefficient (Wildman–Crippen LogP) is 14.1. The van der Waals surface area contributed by atoms with E-state index in [1.807, 2.05) is 0 Å². The Kier molecular flexibility index (Phi) is 7.37. The molecule has 0 aliphatic heterocycles. The summed E-state index contributed by atoms with van der Waals surface area (Å²) in [6.07, 6.45) is 4.48. The van der Waals surface area contributed by atoms with E-state index in [-0.39, 0.29) is 0 Å². The van der Waals surface area contributed by atoms with Crippen molar-refractivity contribution < 1.29 is 0 Å². The van der Waals surface area contributed by atoms with Crippen molar-refractivity contribution >= 4 is 55.2 Å². The molecule has 0 nitrogen and oxygen atoms in total. The summed E-state index contributed by atoms with van der Waals surface area (Å²) in [7, 11) is 0. The first kappa shape index (κ1) is 29.9. The molecular weight excluding hydrogens is 601 g/mol. The Morgan fingerprint density at radius 2 is 0.800 bits per heavy atom. The van der Waals surface area contributed by atoms with E-state index in [0.29, 0.717) is 0 Å². The van der Waals surface area contributed by atoms with Gasteiger partial charge in [-0.3, -0.25) is 0 Å². The first-order chi connectivity index (χ1) is 24.7. The van der Waals surface area contributed by atoms with Crippen molar-refractivity contribution in [3.63, 3.8) is 0 Å². The number of rotatable bonds is 5. The molecule has 0 bridgehead atoms. The Balaban J connectivity index is 1.23. The maximum absolute atomic E-state index is 2.33. The highest BCUT2D eigenvalue weighted by molar-refractivity contribution is 6.25. The van der Waals surface area contributed by atoms with Crippen LogP contribution in [0.4, 0.5) is 0 Å². The Morgan fingerprint density at radius 3 is 1.44 bits per heavy atom. The van der Waals surface area contributed by atoms with E-state index in [2.05, 4.69) is 196 Å². The predicted molar refractivity (Wildman–Crippen MR) is 218 cm³/mol. The molecule has 0 aliphatic carbocycles. The van der Waals surface area contributed by atoms with Gasteiger partial charge in [-0.25, -0.2) is 0 Å². The maximum atomic E-state index is 2.33. The molecule has 0 fully saturated rings. The summed E-state index contributed by atoms with van der Waals surface area (Å²) in [4.78, 5) is 0. The summed E-state index contributed by atoms with van der Waals surface area (Å²) < 4.78 is 0. The van der Waals surface area contributed by atoms with E-state index in [0.717, 1.165) is 0 Å². The van der Waals surface area contributed by atoms with Crippen LogP contribution in [0.1, 0.15) is 22.3 Å². The summed E-state index contributed by atoms with van der Waals surface area (Å²) in [6.45, 7) is 4.45. The van der Waals surface area contributed by atoms with E-state index in [9.17, 15) is 0 Å². The molecule has 9 aromatic rings. The molecule has 0 heteroatoms. The lowest BCUT2D eigenvalue weighted by atomic mass is 9.82. The Labute approximate surface area is 293 Å². The fraction of sp³-hybridized carbons (Fsp3) is 0.0400. The van der Waals surface area contributed by atoms with Crippen LogP contribution >= 0.6 is 0 Å². The third kappa shape index (κ3) is 5.00. The number of aryl methyl sites for hydroxylation is 2. The summed E-state index contributed by atoms with van der Waals surface area (Å²) >= 11 is 0. The van der Waals surface area contributed by atoms with Crippen molar-refractivity contribution in [2.75, 3.05) is 0 Å². The Morgan fingerprint density at radius 1 is 0.320 bits per heavy atom. The highest BCUT2D eigenvalue weighted by atomic mass is 14.2. The molecule has 9 aromatic carbocycles. The van der Waals surface area contributed by atoms with Gasteiger partial charge in [0, 0.05) is 0 Å². The molecule has 0 spiro atoms. The fourth-order valence-electron chi connectivity index (χ4n) is 8.01. The topological polar surface area (TPSA) is 0 Å². The summed E-state index contributed by atoms with van der Waals surface area (Å²) in [5.41, 5.74) is 12.6. The molecule has 0 radical (unpaired) electrons. The summed E-state index contributed by atoms with van der Waals surface area (Å²) in [5.74, 6) is 0. The lowest BCUT2D eigenvalue weighted by molar-refractivity contribution is 1.46. The van der Waals surface area contributed by atoms with Gasteiger partial charge in [-0.05, 0) is 113 Å². The molecule has 0 saturated carbocycles. The van der Waals surface area contributed by atoms with Gasteiger partial charge < -0.3 is 0 Å². The first-order valence-corrected chi connectivity index (χ1v) is 17.4. The molecule has 0 aromatic heterocycles. The zero-order valence-electron chi connectivity index (χ0n) is 28.3. The highest BCUT2D eigenvalue weighted by Gasteiger charge is 2.20.